The van der Waals surface area contributed by atoms with Crippen LogP contribution in [0.1, 0.15) is 46.5 Å². The summed E-state index contributed by atoms with van der Waals surface area (Å²) in [5.74, 6) is 0.494. The molecule has 0 unspecified atom stereocenters. The summed E-state index contributed by atoms with van der Waals surface area (Å²) in [7, 11) is 0. The van der Waals surface area contributed by atoms with Crippen molar-refractivity contribution in [1.82, 2.24) is 10.3 Å². The van der Waals surface area contributed by atoms with Gasteiger partial charge in [-0.15, -0.1) is 0 Å². The minimum atomic E-state index is -1.14. The number of amides is 1. The Morgan fingerprint density at radius 2 is 1.91 bits per heavy atom. The molecule has 4 rings (SSSR count). The third kappa shape index (κ3) is 5.11. The standard InChI is InChI=1S/C26H27N3O5/c1-15(2)9-17(29-25(30)20-5-3-4-6-21(20)26(31)32)14-33-18-7-8-19-16(10-18)13-34-23-12-28-24(27)11-22(19)23/h3-8,10-12,15,17H,9,13-14H2,1-2H3,(H2,27,28)(H,29,30)(H,31,32)/t17-/m0/s1. The second kappa shape index (κ2) is 9.82. The van der Waals surface area contributed by atoms with E-state index in [1.54, 1.807) is 24.4 Å². The van der Waals surface area contributed by atoms with Crippen LogP contribution in [0.5, 0.6) is 11.5 Å². The number of ether oxygens (including phenoxy) is 2. The fourth-order valence-corrected chi connectivity index (χ4v) is 4.05. The fraction of sp³-hybridized carbons (Fsp3) is 0.269. The van der Waals surface area contributed by atoms with Crippen LogP contribution in [0.15, 0.2) is 54.7 Å². The number of pyridine rings is 1. The maximum absolute atomic E-state index is 12.8. The van der Waals surface area contributed by atoms with Crippen molar-refractivity contribution >= 4 is 17.7 Å². The molecule has 3 aromatic rings. The maximum atomic E-state index is 12.8. The molecule has 1 amide bonds. The van der Waals surface area contributed by atoms with Crippen LogP contribution in [0.4, 0.5) is 5.82 Å². The smallest absolute Gasteiger partial charge is 0.336 e. The van der Waals surface area contributed by atoms with E-state index in [0.29, 0.717) is 36.3 Å². The summed E-state index contributed by atoms with van der Waals surface area (Å²) in [6, 6.07) is 13.4. The number of nitrogen functional groups attached to an aromatic ring is 1. The predicted octanol–water partition coefficient (Wildman–Crippen LogP) is 4.14. The number of carbonyl (C=O) groups is 2. The largest absolute Gasteiger partial charge is 0.491 e. The minimum absolute atomic E-state index is 0.0324. The topological polar surface area (TPSA) is 124 Å². The van der Waals surface area contributed by atoms with Gasteiger partial charge in [0.15, 0.2) is 0 Å². The Balaban J connectivity index is 1.48. The first kappa shape index (κ1) is 23.1. The molecule has 8 heteroatoms. The number of nitrogens with one attached hydrogen (secondary N) is 1. The van der Waals surface area contributed by atoms with Gasteiger partial charge in [0.2, 0.25) is 0 Å². The molecule has 0 bridgehead atoms. The Bertz CT molecular complexity index is 1220. The SMILES string of the molecule is CC(C)C[C@@H](COc1ccc2c(c1)COc1cnc(N)cc1-2)NC(=O)c1ccccc1C(=O)O. The number of aromatic nitrogens is 1. The molecular weight excluding hydrogens is 434 g/mol. The van der Waals surface area contributed by atoms with Crippen molar-refractivity contribution in [3.8, 4) is 22.6 Å². The molecule has 0 saturated carbocycles. The number of anilines is 1. The monoisotopic (exact) mass is 461 g/mol. The van der Waals surface area contributed by atoms with E-state index in [2.05, 4.69) is 24.1 Å². The first-order chi connectivity index (χ1) is 16.3. The number of hydrogen-bond acceptors (Lipinski definition) is 6. The molecule has 0 fully saturated rings. The molecule has 1 aromatic heterocycles. The highest BCUT2D eigenvalue weighted by Crippen LogP contribution is 2.39. The zero-order chi connectivity index (χ0) is 24.2. The molecule has 0 aliphatic carbocycles. The number of nitrogens with two attached hydrogens (primary N) is 1. The second-order valence-electron chi connectivity index (χ2n) is 8.67. The lowest BCUT2D eigenvalue weighted by Gasteiger charge is -2.23. The number of fused-ring (bicyclic) bond motifs is 3. The molecular formula is C26H27N3O5. The first-order valence-electron chi connectivity index (χ1n) is 11.1. The van der Waals surface area contributed by atoms with E-state index < -0.39 is 11.9 Å². The normalized spacial score (nSPS) is 12.8. The van der Waals surface area contributed by atoms with Gasteiger partial charge >= 0.3 is 5.97 Å². The summed E-state index contributed by atoms with van der Waals surface area (Å²) >= 11 is 0. The number of aromatic carboxylic acids is 1. The molecule has 2 heterocycles. The number of carboxylic acid groups (broad SMARTS) is 1. The van der Waals surface area contributed by atoms with Crippen LogP contribution in [0.3, 0.4) is 0 Å². The van der Waals surface area contributed by atoms with Crippen molar-refractivity contribution in [3.05, 3.63) is 71.4 Å². The number of rotatable bonds is 8. The summed E-state index contributed by atoms with van der Waals surface area (Å²) < 4.78 is 11.8. The van der Waals surface area contributed by atoms with Crippen molar-refractivity contribution in [2.24, 2.45) is 5.92 Å². The summed E-state index contributed by atoms with van der Waals surface area (Å²) in [6.45, 7) is 4.74. The predicted molar refractivity (Wildman–Crippen MR) is 128 cm³/mol. The van der Waals surface area contributed by atoms with E-state index in [4.69, 9.17) is 15.2 Å². The zero-order valence-electron chi connectivity index (χ0n) is 19.1. The van der Waals surface area contributed by atoms with Gasteiger partial charge in [-0.3, -0.25) is 4.79 Å². The van der Waals surface area contributed by atoms with Crippen LogP contribution in [-0.2, 0) is 6.61 Å². The third-order valence-corrected chi connectivity index (χ3v) is 5.58. The van der Waals surface area contributed by atoms with E-state index >= 15 is 0 Å². The van der Waals surface area contributed by atoms with E-state index in [-0.39, 0.29) is 23.8 Å². The number of carbonyl (C=O) groups excluding carboxylic acids is 1. The maximum Gasteiger partial charge on any atom is 0.336 e. The minimum Gasteiger partial charge on any atom is -0.491 e. The Hall–Kier alpha value is -4.07. The molecule has 2 aromatic carbocycles. The summed E-state index contributed by atoms with van der Waals surface area (Å²) in [5.41, 5.74) is 8.81. The van der Waals surface area contributed by atoms with Gasteiger partial charge in [-0.2, -0.15) is 0 Å². The van der Waals surface area contributed by atoms with Crippen LogP contribution in [0.25, 0.3) is 11.1 Å². The van der Waals surface area contributed by atoms with Crippen LogP contribution in [0, 0.1) is 5.92 Å². The molecule has 0 spiro atoms. The zero-order valence-corrected chi connectivity index (χ0v) is 19.1. The van der Waals surface area contributed by atoms with Gasteiger partial charge in [-0.25, -0.2) is 9.78 Å². The van der Waals surface area contributed by atoms with E-state index in [0.717, 1.165) is 16.7 Å². The van der Waals surface area contributed by atoms with Gasteiger partial charge < -0.3 is 25.6 Å². The Kier molecular flexibility index (Phi) is 6.67. The second-order valence-corrected chi connectivity index (χ2v) is 8.67. The molecule has 1 aliphatic rings. The van der Waals surface area contributed by atoms with Gasteiger partial charge in [0, 0.05) is 11.1 Å². The Morgan fingerprint density at radius 1 is 1.15 bits per heavy atom. The molecule has 176 valence electrons. The molecule has 1 atom stereocenters. The Labute approximate surface area is 197 Å². The highest BCUT2D eigenvalue weighted by Gasteiger charge is 2.22. The first-order valence-corrected chi connectivity index (χ1v) is 11.1. The lowest BCUT2D eigenvalue weighted by Crippen LogP contribution is -2.40. The van der Waals surface area contributed by atoms with E-state index in [1.807, 2.05) is 18.2 Å². The third-order valence-electron chi connectivity index (χ3n) is 5.58. The lowest BCUT2D eigenvalue weighted by atomic mass is 9.97. The van der Waals surface area contributed by atoms with Crippen LogP contribution in [0.2, 0.25) is 0 Å². The van der Waals surface area contributed by atoms with Crippen LogP contribution < -0.4 is 20.5 Å². The van der Waals surface area contributed by atoms with E-state index in [1.165, 1.54) is 12.1 Å². The van der Waals surface area contributed by atoms with Crippen molar-refractivity contribution in [1.29, 1.82) is 0 Å². The van der Waals surface area contributed by atoms with Crippen molar-refractivity contribution in [2.75, 3.05) is 12.3 Å². The van der Waals surface area contributed by atoms with Gasteiger partial charge in [0.25, 0.3) is 5.91 Å². The average molecular weight is 462 g/mol. The van der Waals surface area contributed by atoms with Crippen LogP contribution >= 0.6 is 0 Å². The van der Waals surface area contributed by atoms with Crippen molar-refractivity contribution < 1.29 is 24.2 Å². The summed E-state index contributed by atoms with van der Waals surface area (Å²) in [5, 5.41) is 12.3. The molecule has 34 heavy (non-hydrogen) atoms. The fourth-order valence-electron chi connectivity index (χ4n) is 4.05. The average Bonchev–Trinajstić information content (AvgIpc) is 2.81. The van der Waals surface area contributed by atoms with Gasteiger partial charge in [0.05, 0.1) is 23.4 Å². The molecule has 0 saturated heterocycles. The van der Waals surface area contributed by atoms with Gasteiger partial charge in [0.1, 0.15) is 30.5 Å². The van der Waals surface area contributed by atoms with Crippen LogP contribution in [-0.4, -0.2) is 34.6 Å². The summed E-state index contributed by atoms with van der Waals surface area (Å²) in [4.78, 5) is 28.4. The lowest BCUT2D eigenvalue weighted by molar-refractivity contribution is 0.0690. The molecule has 4 N–H and O–H groups in total. The highest BCUT2D eigenvalue weighted by atomic mass is 16.5. The number of nitrogens with zero attached hydrogens (tertiary/aromatic N) is 1. The Morgan fingerprint density at radius 3 is 2.65 bits per heavy atom. The molecule has 8 nitrogen and oxygen atoms in total. The molecule has 1 aliphatic heterocycles. The number of hydrogen-bond donors (Lipinski definition) is 3. The molecule has 0 radical (unpaired) electrons. The van der Waals surface area contributed by atoms with Crippen molar-refractivity contribution in [2.45, 2.75) is 32.9 Å². The van der Waals surface area contributed by atoms with Gasteiger partial charge in [-0.1, -0.05) is 32.0 Å². The highest BCUT2D eigenvalue weighted by molar-refractivity contribution is 6.04. The number of carboxylic acids is 1. The van der Waals surface area contributed by atoms with Gasteiger partial charge in [-0.05, 0) is 48.2 Å². The summed E-state index contributed by atoms with van der Waals surface area (Å²) in [6.07, 6.45) is 2.30. The number of benzene rings is 2. The van der Waals surface area contributed by atoms with Crippen molar-refractivity contribution in [3.63, 3.8) is 0 Å². The van der Waals surface area contributed by atoms with E-state index in [9.17, 15) is 14.7 Å². The quantitative estimate of drug-likeness (QED) is 0.460.